The van der Waals surface area contributed by atoms with E-state index in [4.69, 9.17) is 5.73 Å². The van der Waals surface area contributed by atoms with Gasteiger partial charge in [0.15, 0.2) is 0 Å². The Labute approximate surface area is 153 Å². The zero-order chi connectivity index (χ0) is 19.7. The van der Waals surface area contributed by atoms with E-state index in [1.807, 2.05) is 0 Å². The molecular weight excluding hydrogens is 362 g/mol. The van der Waals surface area contributed by atoms with Gasteiger partial charge in [0.05, 0.1) is 17.1 Å². The molecule has 11 heteroatoms. The minimum absolute atomic E-state index is 0.0689. The Morgan fingerprint density at radius 2 is 1.81 bits per heavy atom. The van der Waals surface area contributed by atoms with Crippen molar-refractivity contribution in [3.05, 3.63) is 38.7 Å². The molecular formula is C15H21N5O5S. The van der Waals surface area contributed by atoms with Crippen LogP contribution in [0.4, 0.5) is 0 Å². The number of amides is 3. The molecule has 0 aliphatic heterocycles. The van der Waals surface area contributed by atoms with Crippen LogP contribution in [0.3, 0.4) is 0 Å². The molecule has 3 amide bonds. The van der Waals surface area contributed by atoms with Gasteiger partial charge in [-0.15, -0.1) is 11.8 Å². The SMILES string of the molecule is Cn1cc(/C=C/C(=O)NCCNC(=O)CSCC(N)=O)c(=O)n(C)c1=O. The van der Waals surface area contributed by atoms with Crippen molar-refractivity contribution in [3.63, 3.8) is 0 Å². The molecule has 4 N–H and O–H groups in total. The van der Waals surface area contributed by atoms with Gasteiger partial charge in [0.1, 0.15) is 0 Å². The van der Waals surface area contributed by atoms with Gasteiger partial charge in [-0.05, 0) is 6.08 Å². The Morgan fingerprint density at radius 1 is 1.15 bits per heavy atom. The highest BCUT2D eigenvalue weighted by atomic mass is 32.2. The molecule has 1 aromatic heterocycles. The van der Waals surface area contributed by atoms with E-state index in [0.29, 0.717) is 0 Å². The van der Waals surface area contributed by atoms with Gasteiger partial charge in [0, 0.05) is 39.5 Å². The van der Waals surface area contributed by atoms with Crippen molar-refractivity contribution in [2.45, 2.75) is 0 Å². The molecule has 0 aliphatic rings. The van der Waals surface area contributed by atoms with Crippen LogP contribution in [-0.2, 0) is 28.5 Å². The number of primary amides is 1. The number of aromatic nitrogens is 2. The molecule has 1 rings (SSSR count). The Bertz CT molecular complexity index is 827. The second kappa shape index (κ2) is 10.2. The first-order valence-electron chi connectivity index (χ1n) is 7.57. The fraction of sp³-hybridized carbons (Fsp3) is 0.400. The van der Waals surface area contributed by atoms with Gasteiger partial charge in [-0.3, -0.25) is 23.7 Å². The van der Waals surface area contributed by atoms with E-state index in [-0.39, 0.29) is 36.1 Å². The van der Waals surface area contributed by atoms with Crippen molar-refractivity contribution in [1.29, 1.82) is 0 Å². The van der Waals surface area contributed by atoms with Gasteiger partial charge < -0.3 is 20.9 Å². The molecule has 0 fully saturated rings. The number of hydrogen-bond acceptors (Lipinski definition) is 6. The highest BCUT2D eigenvalue weighted by Gasteiger charge is 2.05. The Morgan fingerprint density at radius 3 is 2.46 bits per heavy atom. The summed E-state index contributed by atoms with van der Waals surface area (Å²) in [5.41, 5.74) is 4.19. The van der Waals surface area contributed by atoms with Crippen LogP contribution in [0, 0.1) is 0 Å². The van der Waals surface area contributed by atoms with E-state index in [0.717, 1.165) is 16.3 Å². The lowest BCUT2D eigenvalue weighted by atomic mass is 10.3. The number of carbonyl (C=O) groups is 3. The van der Waals surface area contributed by atoms with Gasteiger partial charge in [0.2, 0.25) is 17.7 Å². The molecule has 1 aromatic rings. The maximum Gasteiger partial charge on any atom is 0.330 e. The fourth-order valence-corrected chi connectivity index (χ4v) is 2.45. The van der Waals surface area contributed by atoms with Crippen molar-refractivity contribution < 1.29 is 14.4 Å². The van der Waals surface area contributed by atoms with E-state index >= 15 is 0 Å². The summed E-state index contributed by atoms with van der Waals surface area (Å²) < 4.78 is 2.19. The molecule has 26 heavy (non-hydrogen) atoms. The zero-order valence-electron chi connectivity index (χ0n) is 14.5. The Hall–Kier alpha value is -2.82. The molecule has 0 aromatic carbocycles. The molecule has 0 bridgehead atoms. The molecule has 10 nitrogen and oxygen atoms in total. The van der Waals surface area contributed by atoms with Crippen LogP contribution in [0.2, 0.25) is 0 Å². The first-order chi connectivity index (χ1) is 12.2. The predicted octanol–water partition coefficient (Wildman–Crippen LogP) is -2.45. The number of rotatable bonds is 9. The molecule has 0 spiro atoms. The lowest BCUT2D eigenvalue weighted by molar-refractivity contribution is -0.119. The largest absolute Gasteiger partial charge is 0.369 e. The minimum Gasteiger partial charge on any atom is -0.369 e. The maximum absolute atomic E-state index is 11.9. The van der Waals surface area contributed by atoms with Gasteiger partial charge in [0.25, 0.3) is 5.56 Å². The van der Waals surface area contributed by atoms with Crippen LogP contribution in [0.1, 0.15) is 5.56 Å². The average molecular weight is 383 g/mol. The molecule has 0 aliphatic carbocycles. The normalized spacial score (nSPS) is 10.7. The van der Waals surface area contributed by atoms with Gasteiger partial charge in [-0.2, -0.15) is 0 Å². The van der Waals surface area contributed by atoms with Crippen LogP contribution in [0.5, 0.6) is 0 Å². The summed E-state index contributed by atoms with van der Waals surface area (Å²) in [5.74, 6) is -1.03. The summed E-state index contributed by atoms with van der Waals surface area (Å²) in [6.45, 7) is 0.415. The van der Waals surface area contributed by atoms with E-state index in [2.05, 4.69) is 10.6 Å². The zero-order valence-corrected chi connectivity index (χ0v) is 15.3. The van der Waals surface area contributed by atoms with Gasteiger partial charge in [-0.25, -0.2) is 4.79 Å². The number of hydrogen-bond donors (Lipinski definition) is 3. The number of nitrogens with one attached hydrogen (secondary N) is 2. The molecule has 0 atom stereocenters. The monoisotopic (exact) mass is 383 g/mol. The molecule has 0 unspecified atom stereocenters. The van der Waals surface area contributed by atoms with Crippen LogP contribution >= 0.6 is 11.8 Å². The van der Waals surface area contributed by atoms with E-state index < -0.39 is 23.1 Å². The molecule has 0 saturated carbocycles. The third kappa shape index (κ3) is 6.97. The summed E-state index contributed by atoms with van der Waals surface area (Å²) in [6, 6.07) is 0. The molecule has 142 valence electrons. The van der Waals surface area contributed by atoms with Crippen LogP contribution in [0.15, 0.2) is 21.9 Å². The molecule has 0 saturated heterocycles. The van der Waals surface area contributed by atoms with Crippen molar-refractivity contribution in [2.75, 3.05) is 24.6 Å². The smallest absolute Gasteiger partial charge is 0.330 e. The average Bonchev–Trinajstić information content (AvgIpc) is 2.58. The lowest BCUT2D eigenvalue weighted by Crippen LogP contribution is -2.37. The summed E-state index contributed by atoms with van der Waals surface area (Å²) in [5, 5.41) is 5.12. The van der Waals surface area contributed by atoms with Crippen molar-refractivity contribution in [2.24, 2.45) is 19.8 Å². The van der Waals surface area contributed by atoms with Crippen LogP contribution < -0.4 is 27.6 Å². The number of thioether (sulfide) groups is 1. The number of carbonyl (C=O) groups excluding carboxylic acids is 3. The molecule has 0 radical (unpaired) electrons. The second-order valence-corrected chi connectivity index (χ2v) is 6.26. The number of nitrogens with zero attached hydrogens (tertiary/aromatic N) is 2. The van der Waals surface area contributed by atoms with E-state index in [1.54, 1.807) is 0 Å². The quantitative estimate of drug-likeness (QED) is 0.319. The van der Waals surface area contributed by atoms with E-state index in [9.17, 15) is 24.0 Å². The third-order valence-electron chi connectivity index (χ3n) is 3.11. The Kier molecular flexibility index (Phi) is 8.35. The third-order valence-corrected chi connectivity index (χ3v) is 4.07. The van der Waals surface area contributed by atoms with Gasteiger partial charge in [-0.1, -0.05) is 0 Å². The van der Waals surface area contributed by atoms with E-state index in [1.165, 1.54) is 37.0 Å². The van der Waals surface area contributed by atoms with Crippen molar-refractivity contribution in [3.8, 4) is 0 Å². The van der Waals surface area contributed by atoms with Crippen molar-refractivity contribution in [1.82, 2.24) is 19.8 Å². The first kappa shape index (κ1) is 21.2. The van der Waals surface area contributed by atoms with Gasteiger partial charge >= 0.3 is 5.69 Å². The topological polar surface area (TPSA) is 145 Å². The standard InChI is InChI=1S/C15H21N5O5S/c1-19-7-10(14(24)20(2)15(19)25)3-4-12(22)17-5-6-18-13(23)9-26-8-11(16)21/h3-4,7H,5-6,8-9H2,1-2H3,(H2,16,21)(H,17,22)(H,18,23)/b4-3+. The highest BCUT2D eigenvalue weighted by Crippen LogP contribution is 1.96. The number of nitrogens with two attached hydrogens (primary N) is 1. The lowest BCUT2D eigenvalue weighted by Gasteiger charge is -2.05. The minimum atomic E-state index is -0.502. The summed E-state index contributed by atoms with van der Waals surface area (Å²) in [4.78, 5) is 57.2. The summed E-state index contributed by atoms with van der Waals surface area (Å²) in [7, 11) is 2.86. The fourth-order valence-electron chi connectivity index (χ4n) is 1.86. The van der Waals surface area contributed by atoms with Crippen LogP contribution in [-0.4, -0.2) is 51.5 Å². The van der Waals surface area contributed by atoms with Crippen molar-refractivity contribution >= 4 is 35.6 Å². The predicted molar refractivity (Wildman–Crippen MR) is 98.5 cm³/mol. The van der Waals surface area contributed by atoms with Crippen LogP contribution in [0.25, 0.3) is 6.08 Å². The maximum atomic E-state index is 11.9. The first-order valence-corrected chi connectivity index (χ1v) is 8.73. The molecule has 1 heterocycles. The number of aryl methyl sites for hydroxylation is 1. The highest BCUT2D eigenvalue weighted by molar-refractivity contribution is 8.00. The summed E-state index contributed by atoms with van der Waals surface area (Å²) >= 11 is 1.10. The summed E-state index contributed by atoms with van der Waals surface area (Å²) in [6.07, 6.45) is 3.83. The Balaban J connectivity index is 2.40. The second-order valence-electron chi connectivity index (χ2n) is 5.28.